The lowest BCUT2D eigenvalue weighted by atomic mass is 10.1. The van der Waals surface area contributed by atoms with E-state index < -0.39 is 15.9 Å². The maximum atomic E-state index is 12.3. The molecule has 22 heavy (non-hydrogen) atoms. The van der Waals surface area contributed by atoms with Gasteiger partial charge in [-0.2, -0.15) is 0 Å². The van der Waals surface area contributed by atoms with Gasteiger partial charge >= 0.3 is 0 Å². The van der Waals surface area contributed by atoms with E-state index in [1.807, 2.05) is 6.07 Å². The number of carbonyl (C=O) groups is 1. The first kappa shape index (κ1) is 14.7. The number of nitrogens with one attached hydrogen (secondary N) is 1. The Hall–Kier alpha value is -2.22. The zero-order chi connectivity index (χ0) is 15.9. The summed E-state index contributed by atoms with van der Waals surface area (Å²) in [6.07, 6.45) is 3.97. The zero-order valence-electron chi connectivity index (χ0n) is 12.1. The molecule has 2 atom stereocenters. The number of hydrogen-bond acceptors (Lipinski definition) is 6. The highest BCUT2D eigenvalue weighted by Crippen LogP contribution is 2.47. The van der Waals surface area contributed by atoms with E-state index in [9.17, 15) is 13.2 Å². The van der Waals surface area contributed by atoms with Crippen molar-refractivity contribution >= 4 is 15.9 Å². The summed E-state index contributed by atoms with van der Waals surface area (Å²) < 4.78 is 31.5. The molecular weight excluding hydrogens is 306 g/mol. The van der Waals surface area contributed by atoms with Crippen molar-refractivity contribution in [3.63, 3.8) is 0 Å². The van der Waals surface area contributed by atoms with Gasteiger partial charge in [-0.05, 0) is 37.8 Å². The number of amides is 1. The van der Waals surface area contributed by atoms with E-state index >= 15 is 0 Å². The summed E-state index contributed by atoms with van der Waals surface area (Å²) in [5, 5.41) is 3.60. The van der Waals surface area contributed by atoms with E-state index in [0.717, 1.165) is 5.56 Å². The van der Waals surface area contributed by atoms with Crippen LogP contribution in [-0.4, -0.2) is 24.5 Å². The lowest BCUT2D eigenvalue weighted by Crippen LogP contribution is -2.32. The molecule has 7 nitrogen and oxygen atoms in total. The van der Waals surface area contributed by atoms with Gasteiger partial charge in [0.1, 0.15) is 5.69 Å². The highest BCUT2D eigenvalue weighted by molar-refractivity contribution is 7.90. The first-order valence-electron chi connectivity index (χ1n) is 6.79. The number of pyridine rings is 1. The molecule has 0 aromatic carbocycles. The zero-order valence-corrected chi connectivity index (χ0v) is 12.9. The van der Waals surface area contributed by atoms with Gasteiger partial charge in [-0.25, -0.2) is 13.1 Å². The van der Waals surface area contributed by atoms with E-state index in [-0.39, 0.29) is 28.2 Å². The Labute approximate surface area is 127 Å². The molecule has 0 bridgehead atoms. The van der Waals surface area contributed by atoms with Crippen LogP contribution in [0.5, 0.6) is 0 Å². The molecule has 3 rings (SSSR count). The fraction of sp³-hybridized carbons (Fsp3) is 0.357. The van der Waals surface area contributed by atoms with Gasteiger partial charge in [-0.3, -0.25) is 9.78 Å². The van der Waals surface area contributed by atoms with Crippen LogP contribution in [0.15, 0.2) is 33.9 Å². The third kappa shape index (κ3) is 2.61. The lowest BCUT2D eigenvalue weighted by Gasteiger charge is -2.06. The summed E-state index contributed by atoms with van der Waals surface area (Å²) in [6, 6.07) is 3.68. The molecule has 1 N–H and O–H groups in total. The van der Waals surface area contributed by atoms with Crippen LogP contribution in [0.4, 0.5) is 0 Å². The third-order valence-electron chi connectivity index (χ3n) is 3.71. The van der Waals surface area contributed by atoms with Crippen LogP contribution in [0.25, 0.3) is 0 Å². The molecule has 0 spiro atoms. The average Bonchev–Trinajstić information content (AvgIpc) is 3.19. The number of hydrogen-bond donors (Lipinski definition) is 1. The Morgan fingerprint density at radius 2 is 2.18 bits per heavy atom. The fourth-order valence-electron chi connectivity index (χ4n) is 2.57. The molecule has 0 aliphatic heterocycles. The van der Waals surface area contributed by atoms with E-state index in [0.29, 0.717) is 6.42 Å². The largest absolute Gasteiger partial charge is 0.360 e. The van der Waals surface area contributed by atoms with Crippen molar-refractivity contribution in [2.45, 2.75) is 31.1 Å². The summed E-state index contributed by atoms with van der Waals surface area (Å²) in [6.45, 7) is 3.01. The average molecular weight is 321 g/mol. The minimum Gasteiger partial charge on any atom is -0.360 e. The molecule has 1 saturated carbocycles. The van der Waals surface area contributed by atoms with Crippen LogP contribution < -0.4 is 4.72 Å². The van der Waals surface area contributed by atoms with Gasteiger partial charge in [0.05, 0.1) is 0 Å². The Morgan fingerprint density at radius 1 is 1.41 bits per heavy atom. The first-order chi connectivity index (χ1) is 10.4. The van der Waals surface area contributed by atoms with Crippen LogP contribution in [0.2, 0.25) is 0 Å². The van der Waals surface area contributed by atoms with Crippen LogP contribution in [0, 0.1) is 19.8 Å². The second-order valence-corrected chi connectivity index (χ2v) is 6.98. The topological polar surface area (TPSA) is 102 Å². The van der Waals surface area contributed by atoms with Crippen molar-refractivity contribution in [2.75, 3.05) is 0 Å². The second kappa shape index (κ2) is 5.20. The van der Waals surface area contributed by atoms with Gasteiger partial charge < -0.3 is 4.52 Å². The van der Waals surface area contributed by atoms with E-state index in [4.69, 9.17) is 4.52 Å². The minimum absolute atomic E-state index is 0.0218. The van der Waals surface area contributed by atoms with Crippen LogP contribution in [0.3, 0.4) is 0 Å². The van der Waals surface area contributed by atoms with Gasteiger partial charge in [0.25, 0.3) is 10.0 Å². The molecule has 2 aromatic heterocycles. The highest BCUT2D eigenvalue weighted by Gasteiger charge is 2.45. The van der Waals surface area contributed by atoms with Gasteiger partial charge in [0, 0.05) is 18.3 Å². The quantitative estimate of drug-likeness (QED) is 0.910. The number of aryl methyl sites for hydroxylation is 2. The predicted molar refractivity (Wildman–Crippen MR) is 76.4 cm³/mol. The molecule has 2 aromatic rings. The fourth-order valence-corrected chi connectivity index (χ4v) is 3.93. The molecule has 2 heterocycles. The van der Waals surface area contributed by atoms with Crippen molar-refractivity contribution in [3.05, 3.63) is 41.5 Å². The molecule has 1 aliphatic rings. The molecule has 0 unspecified atom stereocenters. The monoisotopic (exact) mass is 321 g/mol. The SMILES string of the molecule is Cc1noc(C)c1S(=O)(=O)NC(=O)[C@@H]1C[C@H]1c1cccnc1. The minimum atomic E-state index is -3.96. The maximum absolute atomic E-state index is 12.3. The van der Waals surface area contributed by atoms with E-state index in [2.05, 4.69) is 14.9 Å². The lowest BCUT2D eigenvalue weighted by molar-refractivity contribution is -0.120. The molecule has 1 fully saturated rings. The summed E-state index contributed by atoms with van der Waals surface area (Å²) in [5.41, 5.74) is 1.18. The maximum Gasteiger partial charge on any atom is 0.269 e. The summed E-state index contributed by atoms with van der Waals surface area (Å²) in [4.78, 5) is 16.1. The molecular formula is C14H15N3O4S. The summed E-state index contributed by atoms with van der Waals surface area (Å²) in [7, 11) is -3.96. The second-order valence-electron chi connectivity index (χ2n) is 5.36. The number of rotatable bonds is 4. The number of carbonyl (C=O) groups excluding carboxylic acids is 1. The van der Waals surface area contributed by atoms with Crippen molar-refractivity contribution < 1.29 is 17.7 Å². The number of sulfonamides is 1. The standard InChI is InChI=1S/C14H15N3O4S/c1-8-13(9(2)21-16-8)22(19,20)17-14(18)12-6-11(12)10-4-3-5-15-7-10/h3-5,7,11-12H,6H2,1-2H3,(H,17,18)/t11-,12+/m0/s1. The van der Waals surface area contributed by atoms with Gasteiger partial charge in [-0.1, -0.05) is 11.2 Å². The molecule has 1 amide bonds. The Morgan fingerprint density at radius 3 is 2.77 bits per heavy atom. The van der Waals surface area contributed by atoms with Crippen molar-refractivity contribution in [2.24, 2.45) is 5.92 Å². The molecule has 8 heteroatoms. The first-order valence-corrected chi connectivity index (χ1v) is 8.28. The molecule has 0 radical (unpaired) electrons. The van der Waals surface area contributed by atoms with Gasteiger partial charge in [0.15, 0.2) is 10.7 Å². The van der Waals surface area contributed by atoms with Crippen LogP contribution in [0.1, 0.15) is 29.4 Å². The van der Waals surface area contributed by atoms with Gasteiger partial charge in [0.2, 0.25) is 5.91 Å². The molecule has 1 aliphatic carbocycles. The Kier molecular flexibility index (Phi) is 3.48. The Balaban J connectivity index is 1.73. The van der Waals surface area contributed by atoms with Crippen LogP contribution >= 0.6 is 0 Å². The van der Waals surface area contributed by atoms with Crippen molar-refractivity contribution in [1.82, 2.24) is 14.9 Å². The number of nitrogens with zero attached hydrogens (tertiary/aromatic N) is 2. The molecule has 0 saturated heterocycles. The number of aromatic nitrogens is 2. The highest BCUT2D eigenvalue weighted by atomic mass is 32.2. The summed E-state index contributed by atoms with van der Waals surface area (Å²) in [5.74, 6) is -0.667. The van der Waals surface area contributed by atoms with Gasteiger partial charge in [-0.15, -0.1) is 0 Å². The smallest absolute Gasteiger partial charge is 0.269 e. The third-order valence-corrected chi connectivity index (χ3v) is 5.30. The Bertz CT molecular complexity index is 794. The van der Waals surface area contributed by atoms with E-state index in [1.165, 1.54) is 13.8 Å². The van der Waals surface area contributed by atoms with E-state index in [1.54, 1.807) is 18.5 Å². The van der Waals surface area contributed by atoms with Crippen LogP contribution in [-0.2, 0) is 14.8 Å². The normalized spacial score (nSPS) is 20.6. The van der Waals surface area contributed by atoms with Crippen molar-refractivity contribution in [3.8, 4) is 0 Å². The molecule has 116 valence electrons. The summed E-state index contributed by atoms with van der Waals surface area (Å²) >= 11 is 0. The van der Waals surface area contributed by atoms with Crippen molar-refractivity contribution in [1.29, 1.82) is 0 Å². The predicted octanol–water partition coefficient (Wildman–Crippen LogP) is 1.30.